The Bertz CT molecular complexity index is 529. The summed E-state index contributed by atoms with van der Waals surface area (Å²) >= 11 is 1.66. The van der Waals surface area contributed by atoms with E-state index in [0.717, 1.165) is 10.6 Å². The van der Waals surface area contributed by atoms with E-state index in [0.29, 0.717) is 25.9 Å². The van der Waals surface area contributed by atoms with Crippen LogP contribution in [0.4, 0.5) is 0 Å². The fraction of sp³-hybridized carbons (Fsp3) is 0.500. The molecule has 1 atom stereocenters. The first-order valence-corrected chi connectivity index (χ1v) is 8.10. The van der Waals surface area contributed by atoms with Gasteiger partial charge in [0.2, 0.25) is 5.91 Å². The predicted molar refractivity (Wildman–Crippen MR) is 83.5 cm³/mol. The number of carbonyl (C=O) groups excluding carboxylic acids is 1. The normalized spacial score (nSPS) is 21.5. The summed E-state index contributed by atoms with van der Waals surface area (Å²) in [5.74, 6) is -0.0336. The van der Waals surface area contributed by atoms with Gasteiger partial charge in [-0.05, 0) is 32.4 Å². The minimum absolute atomic E-state index is 0.0552. The van der Waals surface area contributed by atoms with Crippen LogP contribution in [-0.2, 0) is 9.59 Å². The van der Waals surface area contributed by atoms with Crippen LogP contribution in [0.3, 0.4) is 0 Å². The van der Waals surface area contributed by atoms with Gasteiger partial charge >= 0.3 is 5.97 Å². The van der Waals surface area contributed by atoms with Crippen LogP contribution < -0.4 is 0 Å². The first kappa shape index (κ1) is 15.9. The lowest BCUT2D eigenvalue weighted by atomic mass is 9.90. The van der Waals surface area contributed by atoms with Crippen molar-refractivity contribution in [3.63, 3.8) is 0 Å². The zero-order chi connectivity index (χ0) is 15.5. The average molecular weight is 307 g/mol. The van der Waals surface area contributed by atoms with Crippen molar-refractivity contribution >= 4 is 23.6 Å². The molecule has 1 aromatic rings. The molecule has 0 radical (unpaired) electrons. The molecule has 1 unspecified atom stereocenters. The van der Waals surface area contributed by atoms with Gasteiger partial charge in [-0.2, -0.15) is 0 Å². The first-order valence-electron chi connectivity index (χ1n) is 7.11. The molecule has 1 fully saturated rings. The highest BCUT2D eigenvalue weighted by Gasteiger charge is 2.41. The number of carbonyl (C=O) groups is 2. The lowest BCUT2D eigenvalue weighted by Gasteiger charge is -2.20. The largest absolute Gasteiger partial charge is 0.481 e. The summed E-state index contributed by atoms with van der Waals surface area (Å²) in [5, 5.41) is 9.18. The van der Waals surface area contributed by atoms with Crippen molar-refractivity contribution < 1.29 is 14.7 Å². The molecule has 1 amide bonds. The molecular formula is C16H21NO3S. The average Bonchev–Trinajstić information content (AvgIpc) is 2.85. The van der Waals surface area contributed by atoms with Crippen molar-refractivity contribution in [1.29, 1.82) is 0 Å². The molecule has 1 N–H and O–H groups in total. The molecule has 2 rings (SSSR count). The van der Waals surface area contributed by atoms with E-state index < -0.39 is 11.4 Å². The maximum absolute atomic E-state index is 12.1. The minimum atomic E-state index is -0.813. The molecular weight excluding hydrogens is 286 g/mol. The predicted octanol–water partition coefficient (Wildman–Crippen LogP) is 2.80. The molecule has 1 aromatic carbocycles. The van der Waals surface area contributed by atoms with Gasteiger partial charge in [0.25, 0.3) is 0 Å². The van der Waals surface area contributed by atoms with Crippen LogP contribution in [0.1, 0.15) is 25.3 Å². The smallest absolute Gasteiger partial charge is 0.311 e. The number of likely N-dealkylation sites (tertiary alicyclic amines) is 1. The summed E-state index contributed by atoms with van der Waals surface area (Å²) < 4.78 is 0. The standard InChI is InChI=1S/C16H21NO3S/c1-12-3-5-13(6-4-12)21-10-7-14(18)17-9-8-16(2,11-17)15(19)20/h3-6H,7-11H2,1-2H3,(H,19,20). The molecule has 114 valence electrons. The van der Waals surface area contributed by atoms with Gasteiger partial charge in [-0.25, -0.2) is 0 Å². The lowest BCUT2D eigenvalue weighted by molar-refractivity contribution is -0.147. The third kappa shape index (κ3) is 4.00. The van der Waals surface area contributed by atoms with Crippen molar-refractivity contribution in [3.8, 4) is 0 Å². The summed E-state index contributed by atoms with van der Waals surface area (Å²) in [6, 6.07) is 8.23. The summed E-state index contributed by atoms with van der Waals surface area (Å²) in [5.41, 5.74) is 0.445. The Balaban J connectivity index is 1.78. The van der Waals surface area contributed by atoms with Crippen molar-refractivity contribution in [3.05, 3.63) is 29.8 Å². The topological polar surface area (TPSA) is 57.6 Å². The third-order valence-corrected chi connectivity index (χ3v) is 4.96. The molecule has 0 bridgehead atoms. The van der Waals surface area contributed by atoms with Crippen molar-refractivity contribution in [2.24, 2.45) is 5.41 Å². The van der Waals surface area contributed by atoms with Gasteiger partial charge in [0.15, 0.2) is 0 Å². The van der Waals surface area contributed by atoms with Gasteiger partial charge < -0.3 is 10.0 Å². The molecule has 0 saturated carbocycles. The molecule has 4 nitrogen and oxygen atoms in total. The molecule has 1 aliphatic rings. The Kier molecular flexibility index (Phi) is 4.93. The van der Waals surface area contributed by atoms with E-state index in [1.54, 1.807) is 23.6 Å². The number of thioether (sulfide) groups is 1. The summed E-state index contributed by atoms with van der Waals surface area (Å²) in [4.78, 5) is 26.1. The van der Waals surface area contributed by atoms with E-state index in [-0.39, 0.29) is 5.91 Å². The number of aryl methyl sites for hydroxylation is 1. The fourth-order valence-electron chi connectivity index (χ4n) is 2.40. The van der Waals surface area contributed by atoms with Crippen molar-refractivity contribution in [1.82, 2.24) is 4.90 Å². The van der Waals surface area contributed by atoms with Gasteiger partial charge in [-0.1, -0.05) is 17.7 Å². The van der Waals surface area contributed by atoms with Crippen LogP contribution in [0.15, 0.2) is 29.2 Å². The lowest BCUT2D eigenvalue weighted by Crippen LogP contribution is -2.34. The first-order chi connectivity index (χ1) is 9.90. The van der Waals surface area contributed by atoms with Crippen LogP contribution in [0.5, 0.6) is 0 Å². The molecule has 1 heterocycles. The number of rotatable bonds is 5. The minimum Gasteiger partial charge on any atom is -0.481 e. The summed E-state index contributed by atoms with van der Waals surface area (Å²) in [6.07, 6.45) is 0.993. The Morgan fingerprint density at radius 1 is 1.33 bits per heavy atom. The quantitative estimate of drug-likeness (QED) is 0.850. The summed E-state index contributed by atoms with van der Waals surface area (Å²) in [6.45, 7) is 4.64. The number of carboxylic acid groups (broad SMARTS) is 1. The molecule has 0 aromatic heterocycles. The molecule has 0 aliphatic carbocycles. The van der Waals surface area contributed by atoms with Crippen LogP contribution in [-0.4, -0.2) is 40.7 Å². The Morgan fingerprint density at radius 3 is 2.57 bits per heavy atom. The number of amides is 1. The van der Waals surface area contributed by atoms with Crippen LogP contribution >= 0.6 is 11.8 Å². The number of carboxylic acids is 1. The van der Waals surface area contributed by atoms with Crippen LogP contribution in [0.25, 0.3) is 0 Å². The SMILES string of the molecule is Cc1ccc(SCCC(=O)N2CCC(C)(C(=O)O)C2)cc1. The highest BCUT2D eigenvalue weighted by Crippen LogP contribution is 2.30. The summed E-state index contributed by atoms with van der Waals surface area (Å²) in [7, 11) is 0. The number of hydrogen-bond acceptors (Lipinski definition) is 3. The van der Waals surface area contributed by atoms with Crippen molar-refractivity contribution in [2.45, 2.75) is 31.6 Å². The number of benzene rings is 1. The monoisotopic (exact) mass is 307 g/mol. The van der Waals surface area contributed by atoms with E-state index >= 15 is 0 Å². The fourth-order valence-corrected chi connectivity index (χ4v) is 3.24. The molecule has 0 spiro atoms. The highest BCUT2D eigenvalue weighted by atomic mass is 32.2. The maximum Gasteiger partial charge on any atom is 0.311 e. The van der Waals surface area contributed by atoms with E-state index in [1.807, 2.05) is 6.92 Å². The second kappa shape index (κ2) is 6.52. The van der Waals surface area contributed by atoms with Gasteiger partial charge in [-0.3, -0.25) is 9.59 Å². The van der Waals surface area contributed by atoms with Gasteiger partial charge in [0, 0.05) is 30.2 Å². The van der Waals surface area contributed by atoms with Crippen LogP contribution in [0.2, 0.25) is 0 Å². The zero-order valence-electron chi connectivity index (χ0n) is 12.5. The molecule has 1 saturated heterocycles. The molecule has 5 heteroatoms. The van der Waals surface area contributed by atoms with Gasteiger partial charge in [0.05, 0.1) is 5.41 Å². The second-order valence-electron chi connectivity index (χ2n) is 5.84. The van der Waals surface area contributed by atoms with Crippen molar-refractivity contribution in [2.75, 3.05) is 18.8 Å². The second-order valence-corrected chi connectivity index (χ2v) is 7.01. The number of aliphatic carboxylic acids is 1. The number of hydrogen-bond donors (Lipinski definition) is 1. The van der Waals surface area contributed by atoms with Crippen LogP contribution in [0, 0.1) is 12.3 Å². The Hall–Kier alpha value is -1.49. The highest BCUT2D eigenvalue weighted by molar-refractivity contribution is 7.99. The Morgan fingerprint density at radius 2 is 2.00 bits per heavy atom. The van der Waals surface area contributed by atoms with E-state index in [4.69, 9.17) is 0 Å². The van der Waals surface area contributed by atoms with E-state index in [2.05, 4.69) is 24.3 Å². The van der Waals surface area contributed by atoms with E-state index in [9.17, 15) is 14.7 Å². The van der Waals surface area contributed by atoms with Gasteiger partial charge in [-0.15, -0.1) is 11.8 Å². The third-order valence-electron chi connectivity index (χ3n) is 3.95. The number of nitrogens with zero attached hydrogens (tertiary/aromatic N) is 1. The Labute approximate surface area is 129 Å². The van der Waals surface area contributed by atoms with Gasteiger partial charge in [0.1, 0.15) is 0 Å². The van der Waals surface area contributed by atoms with E-state index in [1.165, 1.54) is 5.56 Å². The zero-order valence-corrected chi connectivity index (χ0v) is 13.3. The maximum atomic E-state index is 12.1. The molecule has 21 heavy (non-hydrogen) atoms. The molecule has 1 aliphatic heterocycles.